The van der Waals surface area contributed by atoms with Crippen LogP contribution in [0.2, 0.25) is 0 Å². The van der Waals surface area contributed by atoms with Gasteiger partial charge in [-0.3, -0.25) is 4.79 Å². The van der Waals surface area contributed by atoms with Crippen molar-refractivity contribution in [1.82, 2.24) is 4.98 Å². The van der Waals surface area contributed by atoms with Gasteiger partial charge in [-0.15, -0.1) is 0 Å². The molecule has 3 rings (SSSR count). The molecule has 0 unspecified atom stereocenters. The normalized spacial score (nSPS) is 10.5. The number of rotatable bonds is 3. The van der Waals surface area contributed by atoms with Gasteiger partial charge in [-0.25, -0.2) is 4.79 Å². The molecule has 0 amide bonds. The number of aromatic nitrogens is 1. The number of fused-ring (bicyclic) bond motifs is 1. The standard InChI is InChI=1S/C17H13NO3/c19-16-10-14(13-8-4-5-9-15(13)18-16)17(20)21-11-12-6-2-1-3-7-12/h1-10H,11H2,(H,18,19). The average Bonchev–Trinajstić information content (AvgIpc) is 2.52. The van der Waals surface area contributed by atoms with Gasteiger partial charge in [0.15, 0.2) is 0 Å². The minimum absolute atomic E-state index is 0.181. The summed E-state index contributed by atoms with van der Waals surface area (Å²) in [5, 5.41) is 0.676. The van der Waals surface area contributed by atoms with E-state index in [9.17, 15) is 9.59 Å². The van der Waals surface area contributed by atoms with Crippen LogP contribution < -0.4 is 5.56 Å². The van der Waals surface area contributed by atoms with Gasteiger partial charge < -0.3 is 9.72 Å². The number of para-hydroxylation sites is 1. The van der Waals surface area contributed by atoms with Crippen LogP contribution in [0.1, 0.15) is 15.9 Å². The summed E-state index contributed by atoms with van der Waals surface area (Å²) in [4.78, 5) is 26.5. The van der Waals surface area contributed by atoms with Gasteiger partial charge in [-0.2, -0.15) is 0 Å². The maximum atomic E-state index is 12.2. The van der Waals surface area contributed by atoms with Crippen LogP contribution in [0.5, 0.6) is 0 Å². The Labute approximate surface area is 121 Å². The Morgan fingerprint density at radius 3 is 2.52 bits per heavy atom. The second-order valence-corrected chi connectivity index (χ2v) is 4.65. The van der Waals surface area contributed by atoms with E-state index >= 15 is 0 Å². The molecule has 0 spiro atoms. The molecule has 4 nitrogen and oxygen atoms in total. The largest absolute Gasteiger partial charge is 0.457 e. The fraction of sp³-hybridized carbons (Fsp3) is 0.0588. The smallest absolute Gasteiger partial charge is 0.339 e. The van der Waals surface area contributed by atoms with Crippen LogP contribution >= 0.6 is 0 Å². The molecule has 3 aromatic rings. The molecule has 1 aromatic heterocycles. The Morgan fingerprint density at radius 1 is 1.00 bits per heavy atom. The van der Waals surface area contributed by atoms with E-state index in [2.05, 4.69) is 4.98 Å². The minimum atomic E-state index is -0.499. The van der Waals surface area contributed by atoms with Crippen molar-refractivity contribution in [3.8, 4) is 0 Å². The van der Waals surface area contributed by atoms with Gasteiger partial charge in [0.2, 0.25) is 5.56 Å². The lowest BCUT2D eigenvalue weighted by molar-refractivity contribution is 0.0475. The van der Waals surface area contributed by atoms with Gasteiger partial charge in [0, 0.05) is 17.0 Å². The molecule has 0 aliphatic carbocycles. The van der Waals surface area contributed by atoms with E-state index in [0.29, 0.717) is 10.9 Å². The number of esters is 1. The molecule has 0 bridgehead atoms. The number of H-pyrrole nitrogens is 1. The van der Waals surface area contributed by atoms with Crippen LogP contribution in [0.4, 0.5) is 0 Å². The second kappa shape index (κ2) is 5.63. The first-order chi connectivity index (χ1) is 10.2. The topological polar surface area (TPSA) is 59.2 Å². The highest BCUT2D eigenvalue weighted by Gasteiger charge is 2.13. The lowest BCUT2D eigenvalue weighted by Gasteiger charge is -2.07. The summed E-state index contributed by atoms with van der Waals surface area (Å²) in [6.45, 7) is 0.181. The van der Waals surface area contributed by atoms with E-state index in [1.807, 2.05) is 36.4 Å². The fourth-order valence-electron chi connectivity index (χ4n) is 2.17. The molecule has 104 valence electrons. The number of hydrogen-bond donors (Lipinski definition) is 1. The third kappa shape index (κ3) is 2.84. The number of carbonyl (C=O) groups excluding carboxylic acids is 1. The molecule has 0 saturated heterocycles. The molecular formula is C17H13NO3. The summed E-state index contributed by atoms with van der Waals surface area (Å²) in [5.74, 6) is -0.499. The Kier molecular flexibility index (Phi) is 3.51. The van der Waals surface area contributed by atoms with E-state index in [4.69, 9.17) is 4.74 Å². The number of aromatic amines is 1. The van der Waals surface area contributed by atoms with Gasteiger partial charge in [0.05, 0.1) is 5.56 Å². The third-order valence-electron chi connectivity index (χ3n) is 3.18. The maximum Gasteiger partial charge on any atom is 0.339 e. The first-order valence-corrected chi connectivity index (χ1v) is 6.57. The van der Waals surface area contributed by atoms with Crippen molar-refractivity contribution in [3.63, 3.8) is 0 Å². The number of carbonyl (C=O) groups is 1. The van der Waals surface area contributed by atoms with Crippen molar-refractivity contribution in [1.29, 1.82) is 0 Å². The maximum absolute atomic E-state index is 12.2. The Morgan fingerprint density at radius 2 is 1.71 bits per heavy atom. The van der Waals surface area contributed by atoms with Gasteiger partial charge in [-0.1, -0.05) is 48.5 Å². The van der Waals surface area contributed by atoms with Crippen molar-refractivity contribution in [3.05, 3.63) is 82.1 Å². The van der Waals surface area contributed by atoms with Gasteiger partial charge in [0.1, 0.15) is 6.61 Å². The fourth-order valence-corrected chi connectivity index (χ4v) is 2.17. The number of nitrogens with one attached hydrogen (secondary N) is 1. The van der Waals surface area contributed by atoms with Gasteiger partial charge >= 0.3 is 5.97 Å². The highest BCUT2D eigenvalue weighted by atomic mass is 16.5. The van der Waals surface area contributed by atoms with E-state index in [-0.39, 0.29) is 17.7 Å². The Bertz CT molecular complexity index is 837. The van der Waals surface area contributed by atoms with Crippen LogP contribution in [0, 0.1) is 0 Å². The minimum Gasteiger partial charge on any atom is -0.457 e. The number of ether oxygens (including phenoxy) is 1. The van der Waals surface area contributed by atoms with Crippen LogP contribution in [-0.2, 0) is 11.3 Å². The van der Waals surface area contributed by atoms with Crippen molar-refractivity contribution in [2.45, 2.75) is 6.61 Å². The van der Waals surface area contributed by atoms with Crippen LogP contribution in [0.25, 0.3) is 10.9 Å². The zero-order chi connectivity index (χ0) is 14.7. The molecule has 2 aromatic carbocycles. The predicted octanol–water partition coefficient (Wildman–Crippen LogP) is 2.89. The van der Waals surface area contributed by atoms with E-state index in [1.165, 1.54) is 6.07 Å². The SMILES string of the molecule is O=C(OCc1ccccc1)c1cc(=O)[nH]c2ccccc12. The first-order valence-electron chi connectivity index (χ1n) is 6.57. The predicted molar refractivity (Wildman–Crippen MR) is 80.1 cm³/mol. The zero-order valence-electron chi connectivity index (χ0n) is 11.2. The zero-order valence-corrected chi connectivity index (χ0v) is 11.2. The summed E-state index contributed by atoms with van der Waals surface area (Å²) in [7, 11) is 0. The van der Waals surface area contributed by atoms with Gasteiger partial charge in [0.25, 0.3) is 0 Å². The molecule has 0 saturated carbocycles. The van der Waals surface area contributed by atoms with Crippen LogP contribution in [0.15, 0.2) is 65.5 Å². The third-order valence-corrected chi connectivity index (χ3v) is 3.18. The molecule has 0 fully saturated rings. The molecule has 21 heavy (non-hydrogen) atoms. The molecule has 0 aliphatic heterocycles. The molecule has 0 atom stereocenters. The summed E-state index contributed by atoms with van der Waals surface area (Å²) in [6.07, 6.45) is 0. The lowest BCUT2D eigenvalue weighted by Crippen LogP contribution is -2.12. The molecule has 4 heteroatoms. The van der Waals surface area contributed by atoms with E-state index < -0.39 is 5.97 Å². The lowest BCUT2D eigenvalue weighted by atomic mass is 10.1. The second-order valence-electron chi connectivity index (χ2n) is 4.65. The first kappa shape index (κ1) is 13.1. The molecular weight excluding hydrogens is 266 g/mol. The molecule has 0 radical (unpaired) electrons. The summed E-state index contributed by atoms with van der Waals surface area (Å²) < 4.78 is 5.29. The van der Waals surface area contributed by atoms with Crippen LogP contribution in [0.3, 0.4) is 0 Å². The van der Waals surface area contributed by atoms with Crippen LogP contribution in [-0.4, -0.2) is 11.0 Å². The number of benzene rings is 2. The Hall–Kier alpha value is -2.88. The molecule has 1 N–H and O–H groups in total. The van der Waals surface area contributed by atoms with Crippen molar-refractivity contribution >= 4 is 16.9 Å². The molecule has 0 aliphatic rings. The molecule has 1 heterocycles. The van der Waals surface area contributed by atoms with Crippen molar-refractivity contribution < 1.29 is 9.53 Å². The van der Waals surface area contributed by atoms with Crippen molar-refractivity contribution in [2.24, 2.45) is 0 Å². The summed E-state index contributed by atoms with van der Waals surface area (Å²) in [5.41, 5.74) is 1.49. The van der Waals surface area contributed by atoms with E-state index in [1.54, 1.807) is 18.2 Å². The average molecular weight is 279 g/mol. The summed E-state index contributed by atoms with van der Waals surface area (Å²) >= 11 is 0. The summed E-state index contributed by atoms with van der Waals surface area (Å²) in [6, 6.07) is 17.8. The monoisotopic (exact) mass is 279 g/mol. The van der Waals surface area contributed by atoms with Gasteiger partial charge in [-0.05, 0) is 11.6 Å². The number of hydrogen-bond acceptors (Lipinski definition) is 3. The highest BCUT2D eigenvalue weighted by molar-refractivity contribution is 6.03. The van der Waals surface area contributed by atoms with E-state index in [0.717, 1.165) is 5.56 Å². The quantitative estimate of drug-likeness (QED) is 0.750. The Balaban J connectivity index is 1.89. The highest BCUT2D eigenvalue weighted by Crippen LogP contribution is 2.16. The van der Waals surface area contributed by atoms with Crippen molar-refractivity contribution in [2.75, 3.05) is 0 Å². The number of pyridine rings is 1.